The second kappa shape index (κ2) is 6.22. The van der Waals surface area contributed by atoms with Crippen LogP contribution >= 0.6 is 0 Å². The number of nitrogens with zero attached hydrogens (tertiary/aromatic N) is 1. The Hall–Kier alpha value is -2.04. The molecule has 5 heteroatoms. The highest BCUT2D eigenvalue weighted by Crippen LogP contribution is 2.28. The molecule has 19 heavy (non-hydrogen) atoms. The summed E-state index contributed by atoms with van der Waals surface area (Å²) in [5.74, 6) is -0.744. The minimum absolute atomic E-state index is 0.00392. The van der Waals surface area contributed by atoms with Gasteiger partial charge in [0.05, 0.1) is 17.9 Å². The third-order valence-electron chi connectivity index (χ3n) is 3.17. The molecule has 0 aromatic heterocycles. The number of carbonyl (C=O) groups excluding carboxylic acids is 1. The molecule has 0 bridgehead atoms. The lowest BCUT2D eigenvalue weighted by molar-refractivity contribution is -0.137. The van der Waals surface area contributed by atoms with Crippen molar-refractivity contribution in [3.63, 3.8) is 0 Å². The van der Waals surface area contributed by atoms with Crippen LogP contribution < -0.4 is 10.2 Å². The third-order valence-corrected chi connectivity index (χ3v) is 3.17. The molecule has 0 saturated heterocycles. The van der Waals surface area contributed by atoms with Crippen LogP contribution in [-0.2, 0) is 9.59 Å². The van der Waals surface area contributed by atoms with Crippen LogP contribution in [0, 0.1) is 0 Å². The van der Waals surface area contributed by atoms with Gasteiger partial charge in [0.1, 0.15) is 0 Å². The molecule has 0 atom stereocenters. The molecule has 1 aromatic carbocycles. The van der Waals surface area contributed by atoms with Gasteiger partial charge in [-0.05, 0) is 25.0 Å². The van der Waals surface area contributed by atoms with E-state index in [1.165, 1.54) is 0 Å². The van der Waals surface area contributed by atoms with Crippen LogP contribution in [0.2, 0.25) is 0 Å². The van der Waals surface area contributed by atoms with Gasteiger partial charge >= 0.3 is 5.97 Å². The van der Waals surface area contributed by atoms with Gasteiger partial charge in [0.25, 0.3) is 0 Å². The molecule has 0 unspecified atom stereocenters. The van der Waals surface area contributed by atoms with E-state index in [9.17, 15) is 9.59 Å². The lowest BCUT2D eigenvalue weighted by Gasteiger charge is -2.30. The van der Waals surface area contributed by atoms with Crippen molar-refractivity contribution in [1.82, 2.24) is 0 Å². The number of carboxylic acid groups (broad SMARTS) is 1. The molecule has 1 heterocycles. The Kier molecular flexibility index (Phi) is 4.39. The van der Waals surface area contributed by atoms with Crippen LogP contribution in [-0.4, -0.2) is 30.1 Å². The first kappa shape index (κ1) is 13.4. The Morgan fingerprint density at radius 1 is 1.26 bits per heavy atom. The van der Waals surface area contributed by atoms with Crippen molar-refractivity contribution in [2.24, 2.45) is 0 Å². The fourth-order valence-corrected chi connectivity index (χ4v) is 2.26. The summed E-state index contributed by atoms with van der Waals surface area (Å²) >= 11 is 0. The topological polar surface area (TPSA) is 69.6 Å². The highest BCUT2D eigenvalue weighted by atomic mass is 16.4. The molecule has 2 N–H and O–H groups in total. The lowest BCUT2D eigenvalue weighted by atomic mass is 10.1. The number of anilines is 2. The summed E-state index contributed by atoms with van der Waals surface area (Å²) in [6.07, 6.45) is 2.68. The van der Waals surface area contributed by atoms with E-state index < -0.39 is 5.97 Å². The van der Waals surface area contributed by atoms with Crippen LogP contribution in [0.3, 0.4) is 0 Å². The van der Waals surface area contributed by atoms with Crippen LogP contribution in [0.25, 0.3) is 0 Å². The predicted molar refractivity (Wildman–Crippen MR) is 73.4 cm³/mol. The number of benzene rings is 1. The van der Waals surface area contributed by atoms with E-state index in [-0.39, 0.29) is 12.3 Å². The van der Waals surface area contributed by atoms with E-state index in [1.807, 2.05) is 24.3 Å². The highest BCUT2D eigenvalue weighted by Gasteiger charge is 2.20. The second-order valence-electron chi connectivity index (χ2n) is 4.69. The fraction of sp³-hybridized carbons (Fsp3) is 0.429. The summed E-state index contributed by atoms with van der Waals surface area (Å²) in [6, 6.07) is 7.74. The first-order valence-electron chi connectivity index (χ1n) is 6.52. The van der Waals surface area contributed by atoms with Crippen molar-refractivity contribution in [3.05, 3.63) is 24.3 Å². The second-order valence-corrected chi connectivity index (χ2v) is 4.69. The number of amides is 1. The van der Waals surface area contributed by atoms with E-state index in [4.69, 9.17) is 5.11 Å². The number of hydrogen-bond acceptors (Lipinski definition) is 3. The Morgan fingerprint density at radius 3 is 2.84 bits per heavy atom. The number of rotatable bonds is 6. The largest absolute Gasteiger partial charge is 0.481 e. The summed E-state index contributed by atoms with van der Waals surface area (Å²) in [7, 11) is 0. The molecule has 1 amide bonds. The highest BCUT2D eigenvalue weighted by molar-refractivity contribution is 6.01. The Bertz CT molecular complexity index is 474. The molecule has 1 aliphatic rings. The van der Waals surface area contributed by atoms with Gasteiger partial charge in [-0.2, -0.15) is 0 Å². The molecular weight excluding hydrogens is 244 g/mol. The monoisotopic (exact) mass is 262 g/mol. The number of nitrogens with one attached hydrogen (secondary N) is 1. The van der Waals surface area contributed by atoms with Gasteiger partial charge in [-0.25, -0.2) is 0 Å². The number of hydrogen-bond donors (Lipinski definition) is 2. The van der Waals surface area contributed by atoms with Crippen LogP contribution in [0.1, 0.15) is 25.7 Å². The minimum atomic E-state index is -0.748. The molecule has 5 nitrogen and oxygen atoms in total. The molecule has 102 valence electrons. The quantitative estimate of drug-likeness (QED) is 0.770. The number of fused-ring (bicyclic) bond motifs is 1. The van der Waals surface area contributed by atoms with Gasteiger partial charge in [0.2, 0.25) is 5.91 Å². The average Bonchev–Trinajstić information content (AvgIpc) is 2.37. The summed E-state index contributed by atoms with van der Waals surface area (Å²) in [6.45, 7) is 1.15. The van der Waals surface area contributed by atoms with Gasteiger partial charge in [-0.15, -0.1) is 0 Å². The third kappa shape index (κ3) is 3.71. The van der Waals surface area contributed by atoms with Crippen molar-refractivity contribution in [2.45, 2.75) is 25.7 Å². The number of carbonyl (C=O) groups is 2. The SMILES string of the molecule is O=C(O)CCCCCN1CC(=O)Nc2ccccc21. The van der Waals surface area contributed by atoms with E-state index in [2.05, 4.69) is 10.2 Å². The van der Waals surface area contributed by atoms with Crippen molar-refractivity contribution in [3.8, 4) is 0 Å². The zero-order valence-electron chi connectivity index (χ0n) is 10.8. The molecule has 2 rings (SSSR count). The first-order valence-corrected chi connectivity index (χ1v) is 6.52. The standard InChI is InChI=1S/C14H18N2O3/c17-13-10-16(9-5-1-2-8-14(18)19)12-7-4-3-6-11(12)15-13/h3-4,6-7H,1-2,5,8-10H2,(H,15,17)(H,18,19). The van der Waals surface area contributed by atoms with Gasteiger partial charge < -0.3 is 15.3 Å². The number of carboxylic acids is 1. The Labute approximate surface area is 112 Å². The Balaban J connectivity index is 1.87. The first-order chi connectivity index (χ1) is 9.16. The molecule has 1 aliphatic heterocycles. The van der Waals surface area contributed by atoms with Crippen molar-refractivity contribution in [2.75, 3.05) is 23.3 Å². The van der Waals surface area contributed by atoms with E-state index in [0.29, 0.717) is 13.0 Å². The fourth-order valence-electron chi connectivity index (χ4n) is 2.26. The van der Waals surface area contributed by atoms with Gasteiger partial charge in [0.15, 0.2) is 0 Å². The van der Waals surface area contributed by atoms with Crippen molar-refractivity contribution < 1.29 is 14.7 Å². The molecule has 0 saturated carbocycles. The number of unbranched alkanes of at least 4 members (excludes halogenated alkanes) is 2. The van der Waals surface area contributed by atoms with Crippen molar-refractivity contribution >= 4 is 23.3 Å². The molecule has 1 aromatic rings. The smallest absolute Gasteiger partial charge is 0.303 e. The van der Waals surface area contributed by atoms with E-state index >= 15 is 0 Å². The predicted octanol–water partition coefficient (Wildman–Crippen LogP) is 2.09. The van der Waals surface area contributed by atoms with Crippen LogP contribution in [0.15, 0.2) is 24.3 Å². The normalized spacial score (nSPS) is 13.9. The Morgan fingerprint density at radius 2 is 2.05 bits per heavy atom. The van der Waals surface area contributed by atoms with Gasteiger partial charge in [0, 0.05) is 13.0 Å². The maximum Gasteiger partial charge on any atom is 0.303 e. The molecular formula is C14H18N2O3. The molecule has 0 aliphatic carbocycles. The summed E-state index contributed by atoms with van der Waals surface area (Å²) in [5, 5.41) is 11.4. The minimum Gasteiger partial charge on any atom is -0.481 e. The molecule has 0 radical (unpaired) electrons. The number of para-hydroxylation sites is 2. The molecule has 0 fully saturated rings. The molecule has 0 spiro atoms. The maximum absolute atomic E-state index is 11.6. The van der Waals surface area contributed by atoms with Crippen molar-refractivity contribution in [1.29, 1.82) is 0 Å². The average molecular weight is 262 g/mol. The number of aliphatic carboxylic acids is 1. The van der Waals surface area contributed by atoms with E-state index in [1.54, 1.807) is 0 Å². The summed E-state index contributed by atoms with van der Waals surface area (Å²) in [4.78, 5) is 24.0. The summed E-state index contributed by atoms with van der Waals surface area (Å²) in [5.41, 5.74) is 1.89. The lowest BCUT2D eigenvalue weighted by Crippen LogP contribution is -2.38. The maximum atomic E-state index is 11.6. The van der Waals surface area contributed by atoms with Crippen LogP contribution in [0.5, 0.6) is 0 Å². The van der Waals surface area contributed by atoms with Gasteiger partial charge in [-0.3, -0.25) is 9.59 Å². The van der Waals surface area contributed by atoms with E-state index in [0.717, 1.165) is 30.8 Å². The zero-order valence-corrected chi connectivity index (χ0v) is 10.8. The summed E-state index contributed by atoms with van der Waals surface area (Å²) < 4.78 is 0. The van der Waals surface area contributed by atoms with Gasteiger partial charge in [-0.1, -0.05) is 18.6 Å². The zero-order chi connectivity index (χ0) is 13.7. The van der Waals surface area contributed by atoms with Crippen LogP contribution in [0.4, 0.5) is 11.4 Å².